The summed E-state index contributed by atoms with van der Waals surface area (Å²) >= 11 is 0. The van der Waals surface area contributed by atoms with E-state index in [0.29, 0.717) is 13.1 Å². The number of halogens is 3. The van der Waals surface area contributed by atoms with Crippen molar-refractivity contribution >= 4 is 11.6 Å². The zero-order valence-corrected chi connectivity index (χ0v) is 10.8. The summed E-state index contributed by atoms with van der Waals surface area (Å²) in [6, 6.07) is 4.12. The number of aromatic nitrogens is 3. The fraction of sp³-hybridized carbons (Fsp3) is 0.250. The van der Waals surface area contributed by atoms with E-state index in [1.807, 2.05) is 0 Å². The maximum absolute atomic E-state index is 12.4. The van der Waals surface area contributed by atoms with Gasteiger partial charge in [0, 0.05) is 12.2 Å². The second-order valence-corrected chi connectivity index (χ2v) is 4.18. The molecule has 2 aromatic rings. The van der Waals surface area contributed by atoms with Gasteiger partial charge in [-0.15, -0.1) is 5.10 Å². The summed E-state index contributed by atoms with van der Waals surface area (Å²) in [5, 5.41) is 9.78. The van der Waals surface area contributed by atoms with E-state index in [1.165, 1.54) is 23.0 Å². The van der Waals surface area contributed by atoms with Gasteiger partial charge in [-0.05, 0) is 24.3 Å². The molecule has 0 saturated carbocycles. The maximum atomic E-state index is 12.4. The van der Waals surface area contributed by atoms with Crippen LogP contribution in [0.4, 0.5) is 18.9 Å². The van der Waals surface area contributed by atoms with E-state index in [1.54, 1.807) is 0 Å². The molecule has 0 fully saturated rings. The van der Waals surface area contributed by atoms with Crippen molar-refractivity contribution in [2.75, 3.05) is 11.9 Å². The first-order valence-corrected chi connectivity index (χ1v) is 5.99. The van der Waals surface area contributed by atoms with Crippen LogP contribution < -0.4 is 11.1 Å². The van der Waals surface area contributed by atoms with E-state index in [2.05, 4.69) is 15.6 Å². The van der Waals surface area contributed by atoms with Crippen molar-refractivity contribution < 1.29 is 18.0 Å². The molecule has 0 saturated heterocycles. The second-order valence-electron chi connectivity index (χ2n) is 4.18. The highest BCUT2D eigenvalue weighted by Crippen LogP contribution is 2.29. The van der Waals surface area contributed by atoms with Crippen molar-refractivity contribution in [3.05, 3.63) is 41.7 Å². The van der Waals surface area contributed by atoms with E-state index in [9.17, 15) is 18.0 Å². The summed E-state index contributed by atoms with van der Waals surface area (Å²) in [6.45, 7) is 0.768. The van der Waals surface area contributed by atoms with Crippen LogP contribution in [0, 0.1) is 0 Å². The van der Waals surface area contributed by atoms with Crippen LogP contribution in [0.25, 0.3) is 0 Å². The largest absolute Gasteiger partial charge is 0.416 e. The molecule has 0 radical (unpaired) electrons. The summed E-state index contributed by atoms with van der Waals surface area (Å²) < 4.78 is 38.6. The minimum Gasteiger partial charge on any atom is -0.329 e. The molecule has 0 aliphatic carbocycles. The molecule has 9 heteroatoms. The predicted octanol–water partition coefficient (Wildman–Crippen LogP) is 1.51. The standard InChI is InChI=1S/C12H12F3N5O/c13-12(14,15)8-1-3-9(4-2-8)17-11(21)10-7-20(6-5-16)19-18-10/h1-4,7H,5-6,16H2,(H,17,21). The van der Waals surface area contributed by atoms with Crippen LogP contribution in [0.1, 0.15) is 16.1 Å². The number of amides is 1. The molecule has 0 bridgehead atoms. The van der Waals surface area contributed by atoms with Crippen molar-refractivity contribution in [3.63, 3.8) is 0 Å². The highest BCUT2D eigenvalue weighted by molar-refractivity contribution is 6.02. The molecular formula is C12H12F3N5O. The maximum Gasteiger partial charge on any atom is 0.416 e. The smallest absolute Gasteiger partial charge is 0.329 e. The normalized spacial score (nSPS) is 11.4. The van der Waals surface area contributed by atoms with Gasteiger partial charge in [0.15, 0.2) is 5.69 Å². The van der Waals surface area contributed by atoms with Crippen molar-refractivity contribution in [1.82, 2.24) is 15.0 Å². The fourth-order valence-electron chi connectivity index (χ4n) is 1.58. The zero-order valence-electron chi connectivity index (χ0n) is 10.8. The molecule has 112 valence electrons. The van der Waals surface area contributed by atoms with Gasteiger partial charge < -0.3 is 11.1 Å². The van der Waals surface area contributed by atoms with Gasteiger partial charge in [0.2, 0.25) is 0 Å². The van der Waals surface area contributed by atoms with Crippen LogP contribution in [-0.2, 0) is 12.7 Å². The number of nitrogens with zero attached hydrogens (tertiary/aromatic N) is 3. The first-order valence-electron chi connectivity index (χ1n) is 5.99. The molecule has 1 amide bonds. The number of hydrogen-bond donors (Lipinski definition) is 2. The van der Waals surface area contributed by atoms with Crippen LogP contribution in [0.2, 0.25) is 0 Å². The van der Waals surface area contributed by atoms with Gasteiger partial charge in [0.25, 0.3) is 5.91 Å². The van der Waals surface area contributed by atoms with E-state index in [-0.39, 0.29) is 11.4 Å². The van der Waals surface area contributed by atoms with E-state index in [4.69, 9.17) is 5.73 Å². The van der Waals surface area contributed by atoms with E-state index in [0.717, 1.165) is 12.1 Å². The summed E-state index contributed by atoms with van der Waals surface area (Å²) in [5.74, 6) is -0.557. The number of nitrogens with one attached hydrogen (secondary N) is 1. The van der Waals surface area contributed by atoms with Gasteiger partial charge in [-0.1, -0.05) is 5.21 Å². The van der Waals surface area contributed by atoms with Crippen LogP contribution in [0.15, 0.2) is 30.5 Å². The molecule has 0 atom stereocenters. The molecule has 1 aromatic heterocycles. The van der Waals surface area contributed by atoms with E-state index >= 15 is 0 Å². The van der Waals surface area contributed by atoms with Gasteiger partial charge >= 0.3 is 6.18 Å². The second kappa shape index (κ2) is 5.92. The number of carbonyl (C=O) groups is 1. The topological polar surface area (TPSA) is 85.8 Å². The number of alkyl halides is 3. The molecule has 1 aromatic carbocycles. The number of benzene rings is 1. The Morgan fingerprint density at radius 2 is 1.95 bits per heavy atom. The Labute approximate surface area is 117 Å². The van der Waals surface area contributed by atoms with Gasteiger partial charge in [0.1, 0.15) is 0 Å². The average molecular weight is 299 g/mol. The highest BCUT2D eigenvalue weighted by Gasteiger charge is 2.30. The average Bonchev–Trinajstić information content (AvgIpc) is 2.87. The first-order chi connectivity index (χ1) is 9.90. The van der Waals surface area contributed by atoms with Crippen LogP contribution in [0.3, 0.4) is 0 Å². The Balaban J connectivity index is 2.05. The Morgan fingerprint density at radius 1 is 1.29 bits per heavy atom. The number of anilines is 1. The van der Waals surface area contributed by atoms with Crippen molar-refractivity contribution in [1.29, 1.82) is 0 Å². The number of nitrogens with two attached hydrogens (primary N) is 1. The molecule has 3 N–H and O–H groups in total. The Bertz CT molecular complexity index is 621. The number of rotatable bonds is 4. The van der Waals surface area contributed by atoms with Gasteiger partial charge in [-0.25, -0.2) is 0 Å². The van der Waals surface area contributed by atoms with Crippen molar-refractivity contribution in [2.45, 2.75) is 12.7 Å². The molecule has 0 aliphatic rings. The molecule has 1 heterocycles. The lowest BCUT2D eigenvalue weighted by molar-refractivity contribution is -0.137. The quantitative estimate of drug-likeness (QED) is 0.896. The Kier molecular flexibility index (Phi) is 4.22. The monoisotopic (exact) mass is 299 g/mol. The lowest BCUT2D eigenvalue weighted by Gasteiger charge is -2.07. The molecule has 0 aliphatic heterocycles. The van der Waals surface area contributed by atoms with Crippen LogP contribution in [-0.4, -0.2) is 27.4 Å². The van der Waals surface area contributed by atoms with Crippen LogP contribution >= 0.6 is 0 Å². The third-order valence-electron chi connectivity index (χ3n) is 2.60. The predicted molar refractivity (Wildman–Crippen MR) is 68.5 cm³/mol. The van der Waals surface area contributed by atoms with Gasteiger partial charge in [-0.2, -0.15) is 13.2 Å². The minimum atomic E-state index is -4.41. The Morgan fingerprint density at radius 3 is 2.52 bits per heavy atom. The van der Waals surface area contributed by atoms with Crippen LogP contribution in [0.5, 0.6) is 0 Å². The SMILES string of the molecule is NCCn1cc(C(=O)Nc2ccc(C(F)(F)F)cc2)nn1. The molecule has 21 heavy (non-hydrogen) atoms. The number of hydrogen-bond acceptors (Lipinski definition) is 4. The zero-order chi connectivity index (χ0) is 15.5. The number of carbonyl (C=O) groups excluding carboxylic acids is 1. The first kappa shape index (κ1) is 15.0. The van der Waals surface area contributed by atoms with Crippen molar-refractivity contribution in [2.24, 2.45) is 5.73 Å². The summed E-state index contributed by atoms with van der Waals surface area (Å²) in [5.41, 5.74) is 4.85. The summed E-state index contributed by atoms with van der Waals surface area (Å²) in [4.78, 5) is 11.8. The minimum absolute atomic E-state index is 0.0587. The Hall–Kier alpha value is -2.42. The van der Waals surface area contributed by atoms with Crippen molar-refractivity contribution in [3.8, 4) is 0 Å². The molecule has 0 spiro atoms. The third kappa shape index (κ3) is 3.78. The lowest BCUT2D eigenvalue weighted by Crippen LogP contribution is -2.13. The molecule has 0 unspecified atom stereocenters. The fourth-order valence-corrected chi connectivity index (χ4v) is 1.58. The summed E-state index contributed by atoms with van der Waals surface area (Å²) in [7, 11) is 0. The lowest BCUT2D eigenvalue weighted by atomic mass is 10.2. The molecular weight excluding hydrogens is 287 g/mol. The molecule has 2 rings (SSSR count). The molecule has 6 nitrogen and oxygen atoms in total. The summed E-state index contributed by atoms with van der Waals surface area (Å²) in [6.07, 6.45) is -3.00. The van der Waals surface area contributed by atoms with E-state index < -0.39 is 17.6 Å². The van der Waals surface area contributed by atoms with Gasteiger partial charge in [0.05, 0.1) is 18.3 Å². The van der Waals surface area contributed by atoms with Gasteiger partial charge in [-0.3, -0.25) is 9.48 Å². The highest BCUT2D eigenvalue weighted by atomic mass is 19.4. The third-order valence-corrected chi connectivity index (χ3v) is 2.60.